The van der Waals surface area contributed by atoms with Gasteiger partial charge in [0.15, 0.2) is 0 Å². The summed E-state index contributed by atoms with van der Waals surface area (Å²) in [5.41, 5.74) is 1.64. The smallest absolute Gasteiger partial charge is 0.322 e. The maximum Gasteiger partial charge on any atom is 0.322 e. The van der Waals surface area contributed by atoms with E-state index in [9.17, 15) is 13.6 Å². The van der Waals surface area contributed by atoms with Crippen molar-refractivity contribution in [1.82, 2.24) is 10.2 Å². The number of hydrogen-bond donors (Lipinski definition) is 1. The Morgan fingerprint density at radius 3 is 2.69 bits per heavy atom. The fourth-order valence-electron chi connectivity index (χ4n) is 2.44. The van der Waals surface area contributed by atoms with E-state index >= 15 is 0 Å². The Kier molecular flexibility index (Phi) is 4.92. The number of carbonyl (C=O) groups is 1. The van der Waals surface area contributed by atoms with Gasteiger partial charge in [-0.25, -0.2) is 8.78 Å². The van der Waals surface area contributed by atoms with E-state index < -0.39 is 11.6 Å². The molecule has 3 rings (SSSR count). The highest BCUT2D eigenvalue weighted by molar-refractivity contribution is 5.90. The van der Waals surface area contributed by atoms with Crippen LogP contribution in [0, 0.1) is 18.6 Å². The fraction of sp³-hybridized carbons (Fsp3) is 0.167. The topological polar surface area (TPSA) is 77.2 Å². The van der Waals surface area contributed by atoms with Crippen molar-refractivity contribution in [2.45, 2.75) is 13.3 Å². The maximum atomic E-state index is 13.7. The molecule has 1 N–H and O–H groups in total. The number of ether oxygens (including phenoxy) is 1. The van der Waals surface area contributed by atoms with Crippen LogP contribution < -0.4 is 10.1 Å². The third-order valence-corrected chi connectivity index (χ3v) is 3.66. The molecular formula is C18H15F2N3O3. The molecule has 26 heavy (non-hydrogen) atoms. The number of amides is 1. The third kappa shape index (κ3) is 3.85. The second kappa shape index (κ2) is 7.30. The molecule has 0 spiro atoms. The van der Waals surface area contributed by atoms with Crippen molar-refractivity contribution in [1.29, 1.82) is 0 Å². The van der Waals surface area contributed by atoms with Gasteiger partial charge < -0.3 is 9.15 Å². The van der Waals surface area contributed by atoms with Crippen LogP contribution in [0.4, 0.5) is 14.8 Å². The van der Waals surface area contributed by atoms with Gasteiger partial charge in [0.1, 0.15) is 17.4 Å². The fourth-order valence-corrected chi connectivity index (χ4v) is 2.44. The molecule has 0 saturated carbocycles. The van der Waals surface area contributed by atoms with Gasteiger partial charge in [0.05, 0.1) is 19.1 Å². The van der Waals surface area contributed by atoms with Crippen LogP contribution in [0.3, 0.4) is 0 Å². The highest BCUT2D eigenvalue weighted by Gasteiger charge is 2.15. The summed E-state index contributed by atoms with van der Waals surface area (Å²) in [6.07, 6.45) is 0.0907. The SMILES string of the molecule is COc1ccc(CC(=O)Nc2nnc(-c3ccc(F)cc3F)o2)cc1C. The predicted octanol–water partition coefficient (Wildman–Crippen LogP) is 3.51. The molecule has 0 atom stereocenters. The molecule has 0 saturated heterocycles. The van der Waals surface area contributed by atoms with E-state index in [-0.39, 0.29) is 29.8 Å². The summed E-state index contributed by atoms with van der Waals surface area (Å²) < 4.78 is 37.1. The molecule has 0 bridgehead atoms. The second-order valence-corrected chi connectivity index (χ2v) is 5.57. The van der Waals surface area contributed by atoms with Crippen LogP contribution in [0.5, 0.6) is 5.75 Å². The van der Waals surface area contributed by atoms with E-state index in [1.165, 1.54) is 6.07 Å². The summed E-state index contributed by atoms with van der Waals surface area (Å²) >= 11 is 0. The third-order valence-electron chi connectivity index (χ3n) is 3.66. The van der Waals surface area contributed by atoms with Gasteiger partial charge in [-0.3, -0.25) is 10.1 Å². The zero-order valence-electron chi connectivity index (χ0n) is 14.0. The zero-order valence-corrected chi connectivity index (χ0v) is 14.0. The van der Waals surface area contributed by atoms with Crippen molar-refractivity contribution in [3.63, 3.8) is 0 Å². The number of carbonyl (C=O) groups excluding carboxylic acids is 1. The first-order valence-corrected chi connectivity index (χ1v) is 7.68. The Morgan fingerprint density at radius 1 is 1.19 bits per heavy atom. The van der Waals surface area contributed by atoms with Crippen LogP contribution in [-0.4, -0.2) is 23.2 Å². The Labute approximate surface area is 147 Å². The molecule has 1 aromatic heterocycles. The molecule has 0 aliphatic rings. The Bertz CT molecular complexity index is 957. The predicted molar refractivity (Wildman–Crippen MR) is 89.7 cm³/mol. The Morgan fingerprint density at radius 2 is 2.00 bits per heavy atom. The molecule has 0 radical (unpaired) electrons. The van der Waals surface area contributed by atoms with E-state index in [1.807, 2.05) is 13.0 Å². The first-order valence-electron chi connectivity index (χ1n) is 7.68. The van der Waals surface area contributed by atoms with Crippen molar-refractivity contribution in [2.24, 2.45) is 0 Å². The van der Waals surface area contributed by atoms with Gasteiger partial charge in [-0.1, -0.05) is 17.2 Å². The summed E-state index contributed by atoms with van der Waals surface area (Å²) in [5, 5.41) is 9.77. The quantitative estimate of drug-likeness (QED) is 0.754. The lowest BCUT2D eigenvalue weighted by Crippen LogP contribution is -2.14. The van der Waals surface area contributed by atoms with Gasteiger partial charge in [-0.2, -0.15) is 0 Å². The largest absolute Gasteiger partial charge is 0.496 e. The summed E-state index contributed by atoms with van der Waals surface area (Å²) in [6.45, 7) is 1.88. The number of aryl methyl sites for hydroxylation is 1. The molecule has 2 aromatic carbocycles. The minimum absolute atomic E-state index is 0.0508. The van der Waals surface area contributed by atoms with Gasteiger partial charge >= 0.3 is 6.01 Å². The molecule has 0 aliphatic heterocycles. The minimum Gasteiger partial charge on any atom is -0.496 e. The van der Waals surface area contributed by atoms with E-state index in [4.69, 9.17) is 9.15 Å². The molecule has 8 heteroatoms. The summed E-state index contributed by atoms with van der Waals surface area (Å²) in [6, 6.07) is 8.20. The molecule has 6 nitrogen and oxygen atoms in total. The van der Waals surface area contributed by atoms with Crippen LogP contribution in [0.2, 0.25) is 0 Å². The molecule has 3 aromatic rings. The van der Waals surface area contributed by atoms with Gasteiger partial charge in [0.25, 0.3) is 5.89 Å². The van der Waals surface area contributed by atoms with Crippen LogP contribution >= 0.6 is 0 Å². The standard InChI is InChI=1S/C18H15F2N3O3/c1-10-7-11(3-6-15(10)25-2)8-16(24)21-18-23-22-17(26-18)13-5-4-12(19)9-14(13)20/h3-7,9H,8H2,1-2H3,(H,21,23,24). The van der Waals surface area contributed by atoms with Crippen molar-refractivity contribution in [3.8, 4) is 17.2 Å². The second-order valence-electron chi connectivity index (χ2n) is 5.57. The highest BCUT2D eigenvalue weighted by Crippen LogP contribution is 2.24. The average molecular weight is 359 g/mol. The monoisotopic (exact) mass is 359 g/mol. The maximum absolute atomic E-state index is 13.7. The minimum atomic E-state index is -0.833. The molecule has 1 heterocycles. The van der Waals surface area contributed by atoms with Crippen LogP contribution in [0.15, 0.2) is 40.8 Å². The van der Waals surface area contributed by atoms with Crippen LogP contribution in [0.25, 0.3) is 11.5 Å². The van der Waals surface area contributed by atoms with E-state index in [2.05, 4.69) is 15.5 Å². The lowest BCUT2D eigenvalue weighted by Gasteiger charge is -2.07. The number of rotatable bonds is 5. The summed E-state index contributed by atoms with van der Waals surface area (Å²) in [7, 11) is 1.58. The summed E-state index contributed by atoms with van der Waals surface area (Å²) in [5.74, 6) is -1.34. The van der Waals surface area contributed by atoms with E-state index in [0.29, 0.717) is 6.07 Å². The van der Waals surface area contributed by atoms with Crippen LogP contribution in [0.1, 0.15) is 11.1 Å². The van der Waals surface area contributed by atoms with Crippen LogP contribution in [-0.2, 0) is 11.2 Å². The highest BCUT2D eigenvalue weighted by atomic mass is 19.1. The van der Waals surface area contributed by atoms with Gasteiger partial charge in [0, 0.05) is 6.07 Å². The molecule has 0 fully saturated rings. The molecule has 0 unspecified atom stereocenters. The Hall–Kier alpha value is -3.29. The lowest BCUT2D eigenvalue weighted by molar-refractivity contribution is -0.115. The summed E-state index contributed by atoms with van der Waals surface area (Å²) in [4.78, 5) is 12.1. The lowest BCUT2D eigenvalue weighted by atomic mass is 10.1. The van der Waals surface area contributed by atoms with Gasteiger partial charge in [-0.15, -0.1) is 5.10 Å². The molecule has 1 amide bonds. The molecule has 134 valence electrons. The van der Waals surface area contributed by atoms with Crippen molar-refractivity contribution >= 4 is 11.9 Å². The number of nitrogens with one attached hydrogen (secondary N) is 1. The number of methoxy groups -OCH3 is 1. The van der Waals surface area contributed by atoms with E-state index in [0.717, 1.165) is 22.9 Å². The zero-order chi connectivity index (χ0) is 18.7. The average Bonchev–Trinajstić information content (AvgIpc) is 3.03. The normalized spacial score (nSPS) is 10.6. The van der Waals surface area contributed by atoms with Gasteiger partial charge in [-0.05, 0) is 36.2 Å². The molecular weight excluding hydrogens is 344 g/mol. The van der Waals surface area contributed by atoms with E-state index in [1.54, 1.807) is 19.2 Å². The number of nitrogens with zero attached hydrogens (tertiary/aromatic N) is 2. The first kappa shape index (κ1) is 17.5. The first-order chi connectivity index (χ1) is 12.5. The van der Waals surface area contributed by atoms with Gasteiger partial charge in [0.2, 0.25) is 5.91 Å². The molecule has 0 aliphatic carbocycles. The number of benzene rings is 2. The number of hydrogen-bond acceptors (Lipinski definition) is 5. The van der Waals surface area contributed by atoms with Crippen molar-refractivity contribution < 1.29 is 22.7 Å². The van der Waals surface area contributed by atoms with Crippen molar-refractivity contribution in [2.75, 3.05) is 12.4 Å². The number of halogens is 2. The Balaban J connectivity index is 1.69. The number of anilines is 1. The number of aromatic nitrogens is 2. The van der Waals surface area contributed by atoms with Crippen molar-refractivity contribution in [3.05, 3.63) is 59.2 Å².